The Morgan fingerprint density at radius 3 is 2.67 bits per heavy atom. The zero-order valence-electron chi connectivity index (χ0n) is 10.4. The molecule has 2 rings (SSSR count). The summed E-state index contributed by atoms with van der Waals surface area (Å²) in [6.45, 7) is 11.3. The van der Waals surface area contributed by atoms with Crippen LogP contribution in [0.4, 0.5) is 0 Å². The van der Waals surface area contributed by atoms with Crippen molar-refractivity contribution in [3.8, 4) is 0 Å². The molecule has 0 N–H and O–H groups in total. The monoisotopic (exact) mass is 204 g/mol. The van der Waals surface area contributed by atoms with Gasteiger partial charge in [-0.1, -0.05) is 37.6 Å². The number of hydrogen-bond donors (Lipinski definition) is 0. The average molecular weight is 204 g/mol. The molecule has 84 valence electrons. The van der Waals surface area contributed by atoms with Gasteiger partial charge < -0.3 is 0 Å². The molecule has 2 aliphatic carbocycles. The molecule has 0 bridgehead atoms. The lowest BCUT2D eigenvalue weighted by atomic mass is 9.62. The molecule has 0 aromatic carbocycles. The maximum Gasteiger partial charge on any atom is -0.0134 e. The molecular weight excluding hydrogens is 180 g/mol. The van der Waals surface area contributed by atoms with Crippen LogP contribution in [0.1, 0.15) is 46.5 Å². The van der Waals surface area contributed by atoms with Gasteiger partial charge in [-0.2, -0.15) is 0 Å². The summed E-state index contributed by atoms with van der Waals surface area (Å²) in [6.07, 6.45) is 7.85. The van der Waals surface area contributed by atoms with Crippen molar-refractivity contribution in [2.75, 3.05) is 0 Å². The molecule has 0 aromatic rings. The van der Waals surface area contributed by atoms with E-state index >= 15 is 0 Å². The molecule has 1 saturated carbocycles. The van der Waals surface area contributed by atoms with Gasteiger partial charge in [0.15, 0.2) is 0 Å². The van der Waals surface area contributed by atoms with E-state index < -0.39 is 0 Å². The van der Waals surface area contributed by atoms with E-state index in [9.17, 15) is 0 Å². The molecule has 0 aromatic heterocycles. The Balaban J connectivity index is 2.24. The third-order valence-corrected chi connectivity index (χ3v) is 4.47. The topological polar surface area (TPSA) is 0 Å². The van der Waals surface area contributed by atoms with Gasteiger partial charge in [-0.3, -0.25) is 0 Å². The molecule has 0 radical (unpaired) electrons. The summed E-state index contributed by atoms with van der Waals surface area (Å²) in [6, 6.07) is 0. The lowest BCUT2D eigenvalue weighted by Gasteiger charge is -2.43. The number of hydrogen-bond acceptors (Lipinski definition) is 0. The van der Waals surface area contributed by atoms with Gasteiger partial charge in [-0.25, -0.2) is 0 Å². The Morgan fingerprint density at radius 2 is 2.00 bits per heavy atom. The second-order valence-corrected chi connectivity index (χ2v) is 5.84. The minimum Gasteiger partial charge on any atom is -0.0996 e. The van der Waals surface area contributed by atoms with Gasteiger partial charge >= 0.3 is 0 Å². The van der Waals surface area contributed by atoms with E-state index in [0.717, 1.165) is 23.7 Å². The van der Waals surface area contributed by atoms with Crippen LogP contribution in [0.15, 0.2) is 23.8 Å². The molecule has 15 heavy (non-hydrogen) atoms. The molecular formula is C15H24. The molecule has 0 heterocycles. The molecule has 0 saturated heterocycles. The van der Waals surface area contributed by atoms with E-state index in [1.165, 1.54) is 31.3 Å². The number of allylic oxidation sites excluding steroid dienone is 3. The van der Waals surface area contributed by atoms with E-state index in [1.807, 2.05) is 0 Å². The van der Waals surface area contributed by atoms with Crippen LogP contribution in [0.25, 0.3) is 0 Å². The van der Waals surface area contributed by atoms with E-state index in [0.29, 0.717) is 0 Å². The normalized spacial score (nSPS) is 36.4. The van der Waals surface area contributed by atoms with Crippen molar-refractivity contribution in [1.82, 2.24) is 0 Å². The summed E-state index contributed by atoms with van der Waals surface area (Å²) in [5.41, 5.74) is 3.14. The number of rotatable bonds is 1. The maximum atomic E-state index is 4.29. The highest BCUT2D eigenvalue weighted by Crippen LogP contribution is 2.47. The quantitative estimate of drug-likeness (QED) is 0.548. The molecule has 1 fully saturated rings. The summed E-state index contributed by atoms with van der Waals surface area (Å²) in [5.74, 6) is 3.33. The average Bonchev–Trinajstić information content (AvgIpc) is 2.17. The predicted octanol–water partition coefficient (Wildman–Crippen LogP) is 4.58. The van der Waals surface area contributed by atoms with Gasteiger partial charge in [-0.05, 0) is 56.3 Å². The van der Waals surface area contributed by atoms with Gasteiger partial charge in [0.05, 0.1) is 0 Å². The fourth-order valence-electron chi connectivity index (χ4n) is 3.51. The van der Waals surface area contributed by atoms with Crippen molar-refractivity contribution in [2.24, 2.45) is 23.7 Å². The van der Waals surface area contributed by atoms with E-state index in [-0.39, 0.29) is 0 Å². The second kappa shape index (κ2) is 4.15. The summed E-state index contributed by atoms with van der Waals surface area (Å²) in [7, 11) is 0. The van der Waals surface area contributed by atoms with Crippen LogP contribution in [0.3, 0.4) is 0 Å². The third kappa shape index (κ3) is 2.04. The molecule has 0 amide bonds. The van der Waals surface area contributed by atoms with Crippen LogP contribution in [-0.2, 0) is 0 Å². The van der Waals surface area contributed by atoms with Gasteiger partial charge in [0.1, 0.15) is 0 Å². The molecule has 0 spiro atoms. The number of fused-ring (bicyclic) bond motifs is 1. The zero-order chi connectivity index (χ0) is 11.0. The Morgan fingerprint density at radius 1 is 1.27 bits per heavy atom. The molecule has 0 nitrogen and oxygen atoms in total. The SMILES string of the molecule is C=C1CC[C@H](C(C)C)[C@H]2C=C(C)CC[C@H]12. The Hall–Kier alpha value is -0.520. The maximum absolute atomic E-state index is 4.29. The van der Waals surface area contributed by atoms with Crippen LogP contribution >= 0.6 is 0 Å². The van der Waals surface area contributed by atoms with Crippen LogP contribution < -0.4 is 0 Å². The first kappa shape index (κ1) is 11.0. The van der Waals surface area contributed by atoms with E-state index in [2.05, 4.69) is 33.4 Å². The van der Waals surface area contributed by atoms with Crippen molar-refractivity contribution in [2.45, 2.75) is 46.5 Å². The van der Waals surface area contributed by atoms with Crippen LogP contribution in [0, 0.1) is 23.7 Å². The molecule has 0 aliphatic heterocycles. The molecule has 3 atom stereocenters. The highest BCUT2D eigenvalue weighted by atomic mass is 14.4. The summed E-state index contributed by atoms with van der Waals surface area (Å²) < 4.78 is 0. The minimum absolute atomic E-state index is 0.801. The highest BCUT2D eigenvalue weighted by molar-refractivity contribution is 5.19. The Labute approximate surface area is 94.5 Å². The third-order valence-electron chi connectivity index (χ3n) is 4.47. The summed E-state index contributed by atoms with van der Waals surface area (Å²) >= 11 is 0. The summed E-state index contributed by atoms with van der Waals surface area (Å²) in [5, 5.41) is 0. The van der Waals surface area contributed by atoms with Crippen molar-refractivity contribution >= 4 is 0 Å². The lowest BCUT2D eigenvalue weighted by Crippen LogP contribution is -2.33. The van der Waals surface area contributed by atoms with Crippen LogP contribution in [0.2, 0.25) is 0 Å². The van der Waals surface area contributed by atoms with Crippen molar-refractivity contribution in [3.05, 3.63) is 23.8 Å². The van der Waals surface area contributed by atoms with E-state index in [4.69, 9.17) is 0 Å². The van der Waals surface area contributed by atoms with Crippen LogP contribution in [0.5, 0.6) is 0 Å². The van der Waals surface area contributed by atoms with Gasteiger partial charge in [0, 0.05) is 0 Å². The highest BCUT2D eigenvalue weighted by Gasteiger charge is 2.36. The van der Waals surface area contributed by atoms with Crippen molar-refractivity contribution in [1.29, 1.82) is 0 Å². The van der Waals surface area contributed by atoms with E-state index in [1.54, 1.807) is 5.57 Å². The fourth-order valence-corrected chi connectivity index (χ4v) is 3.51. The Bertz CT molecular complexity index is 282. The van der Waals surface area contributed by atoms with Gasteiger partial charge in [0.2, 0.25) is 0 Å². The zero-order valence-corrected chi connectivity index (χ0v) is 10.4. The van der Waals surface area contributed by atoms with Crippen molar-refractivity contribution in [3.63, 3.8) is 0 Å². The largest absolute Gasteiger partial charge is 0.0996 e. The standard InChI is InChI=1S/C15H24/c1-10(2)13-8-6-12(4)14-7-5-11(3)9-15(13)14/h9-10,13-15H,4-8H2,1-3H3/t13-,14-,15-/m1/s1. The fraction of sp³-hybridized carbons (Fsp3) is 0.733. The van der Waals surface area contributed by atoms with Gasteiger partial charge in [-0.15, -0.1) is 0 Å². The smallest absolute Gasteiger partial charge is 0.0134 e. The molecule has 0 unspecified atom stereocenters. The molecule has 2 aliphatic rings. The van der Waals surface area contributed by atoms with Crippen LogP contribution in [-0.4, -0.2) is 0 Å². The predicted molar refractivity (Wildman–Crippen MR) is 66.7 cm³/mol. The first-order valence-corrected chi connectivity index (χ1v) is 6.44. The first-order chi connectivity index (χ1) is 7.09. The van der Waals surface area contributed by atoms with Gasteiger partial charge in [0.25, 0.3) is 0 Å². The second-order valence-electron chi connectivity index (χ2n) is 5.84. The Kier molecular flexibility index (Phi) is 3.04. The molecule has 0 heteroatoms. The van der Waals surface area contributed by atoms with Crippen molar-refractivity contribution < 1.29 is 0 Å². The lowest BCUT2D eigenvalue weighted by molar-refractivity contribution is 0.179. The summed E-state index contributed by atoms with van der Waals surface area (Å²) in [4.78, 5) is 0. The first-order valence-electron chi connectivity index (χ1n) is 6.44. The minimum atomic E-state index is 0.801.